The Balaban J connectivity index is 2.93. The van der Waals surface area contributed by atoms with Crippen molar-refractivity contribution in [2.24, 2.45) is 0 Å². The maximum absolute atomic E-state index is 12.5. The summed E-state index contributed by atoms with van der Waals surface area (Å²) in [6.45, 7) is 0. The summed E-state index contributed by atoms with van der Waals surface area (Å²) >= 11 is 0. The van der Waals surface area contributed by atoms with Gasteiger partial charge in [-0.3, -0.25) is 0 Å². The van der Waals surface area contributed by atoms with E-state index in [0.29, 0.717) is 0 Å². The summed E-state index contributed by atoms with van der Waals surface area (Å²) in [5.74, 6) is -5.39. The van der Waals surface area contributed by atoms with Gasteiger partial charge in [-0.05, 0) is 0 Å². The molecule has 0 radical (unpaired) electrons. The minimum absolute atomic E-state index is 0.409. The van der Waals surface area contributed by atoms with Gasteiger partial charge in [0.2, 0.25) is 0 Å². The lowest BCUT2D eigenvalue weighted by molar-refractivity contribution is -0.266. The molecule has 1 rings (SSSR count). The van der Waals surface area contributed by atoms with E-state index in [0.717, 1.165) is 11.0 Å². The Morgan fingerprint density at radius 2 is 1.44 bits per heavy atom. The van der Waals surface area contributed by atoms with Crippen molar-refractivity contribution in [2.45, 2.75) is 18.4 Å². The standard InChI is InChI=1S/C5H3F8N3/c6-3(7,4(8,9)10)2-1-16(15-14-2)5(11,12)13/h1,14-15H. The van der Waals surface area contributed by atoms with Gasteiger partial charge in [0, 0.05) is 0 Å². The number of allylic oxidation sites excluding steroid dienone is 1. The van der Waals surface area contributed by atoms with Crippen LogP contribution in [0.5, 0.6) is 0 Å². The van der Waals surface area contributed by atoms with E-state index < -0.39 is 35.3 Å². The van der Waals surface area contributed by atoms with E-state index in [1.807, 2.05) is 0 Å². The second kappa shape index (κ2) is 3.37. The summed E-state index contributed by atoms with van der Waals surface area (Å²) in [4.78, 5) is 0. The first-order valence-corrected chi connectivity index (χ1v) is 3.51. The van der Waals surface area contributed by atoms with Gasteiger partial charge in [0.05, 0.1) is 6.20 Å². The molecule has 0 aromatic carbocycles. The first kappa shape index (κ1) is 12.8. The molecule has 0 unspecified atom stereocenters. The molecule has 0 saturated carbocycles. The van der Waals surface area contributed by atoms with Gasteiger partial charge < -0.3 is 5.43 Å². The summed E-state index contributed by atoms with van der Waals surface area (Å²) in [5, 5.41) is -0.859. The molecule has 11 heteroatoms. The first-order chi connectivity index (χ1) is 6.96. The smallest absolute Gasteiger partial charge is 0.300 e. The fourth-order valence-electron chi connectivity index (χ4n) is 0.763. The summed E-state index contributed by atoms with van der Waals surface area (Å²) in [5.41, 5.74) is 0.285. The first-order valence-electron chi connectivity index (χ1n) is 3.51. The minimum Gasteiger partial charge on any atom is -0.300 e. The van der Waals surface area contributed by atoms with Crippen molar-refractivity contribution in [3.8, 4) is 0 Å². The topological polar surface area (TPSA) is 27.3 Å². The molecule has 0 bridgehead atoms. The third-order valence-electron chi connectivity index (χ3n) is 1.54. The number of nitrogens with one attached hydrogen (secondary N) is 2. The molecule has 0 aromatic heterocycles. The zero-order valence-corrected chi connectivity index (χ0v) is 7.05. The van der Waals surface area contributed by atoms with E-state index >= 15 is 0 Å². The maximum atomic E-state index is 12.5. The van der Waals surface area contributed by atoms with Crippen LogP contribution in [0, 0.1) is 0 Å². The predicted octanol–water partition coefficient (Wildman–Crippen LogP) is 1.87. The van der Waals surface area contributed by atoms with Crippen LogP contribution < -0.4 is 11.0 Å². The van der Waals surface area contributed by atoms with Gasteiger partial charge in [-0.1, -0.05) is 0 Å². The molecule has 16 heavy (non-hydrogen) atoms. The molecule has 0 aliphatic carbocycles. The summed E-state index contributed by atoms with van der Waals surface area (Å²) in [6, 6.07) is 0. The molecule has 0 amide bonds. The molecular weight excluding hydrogens is 254 g/mol. The van der Waals surface area contributed by atoms with Crippen molar-refractivity contribution in [2.75, 3.05) is 0 Å². The highest BCUT2D eigenvalue weighted by Crippen LogP contribution is 2.41. The number of halogens is 8. The Hall–Kier alpha value is -1.26. The molecule has 1 heterocycles. The van der Waals surface area contributed by atoms with E-state index in [2.05, 4.69) is 0 Å². The highest BCUT2D eigenvalue weighted by atomic mass is 19.4. The molecule has 0 fully saturated rings. The molecule has 1 aliphatic heterocycles. The Labute approximate surface area is 82.6 Å². The van der Waals surface area contributed by atoms with Gasteiger partial charge in [-0.25, -0.2) is 5.01 Å². The van der Waals surface area contributed by atoms with Crippen molar-refractivity contribution in [1.82, 2.24) is 16.0 Å². The maximum Gasteiger partial charge on any atom is 0.500 e. The lowest BCUT2D eigenvalue weighted by Gasteiger charge is -2.19. The van der Waals surface area contributed by atoms with Gasteiger partial charge in [-0.2, -0.15) is 22.0 Å². The molecule has 0 spiro atoms. The van der Waals surface area contributed by atoms with Gasteiger partial charge in [0.15, 0.2) is 0 Å². The van der Waals surface area contributed by atoms with Crippen LogP contribution in [-0.2, 0) is 0 Å². The van der Waals surface area contributed by atoms with Crippen LogP contribution in [-0.4, -0.2) is 23.4 Å². The predicted molar refractivity (Wildman–Crippen MR) is 33.3 cm³/mol. The minimum atomic E-state index is -5.98. The third kappa shape index (κ3) is 2.13. The Bertz CT molecular complexity index is 302. The molecule has 94 valence electrons. The van der Waals surface area contributed by atoms with Crippen LogP contribution in [0.15, 0.2) is 11.9 Å². The Morgan fingerprint density at radius 3 is 1.75 bits per heavy atom. The molecular formula is C5H3F8N3. The fraction of sp³-hybridized carbons (Fsp3) is 0.600. The monoisotopic (exact) mass is 257 g/mol. The quantitative estimate of drug-likeness (QED) is 0.554. The lowest BCUT2D eigenvalue weighted by atomic mass is 10.2. The van der Waals surface area contributed by atoms with Crippen molar-refractivity contribution < 1.29 is 35.1 Å². The number of hydrogen-bond donors (Lipinski definition) is 2. The molecule has 0 aromatic rings. The van der Waals surface area contributed by atoms with Gasteiger partial charge in [0.1, 0.15) is 5.70 Å². The highest BCUT2D eigenvalue weighted by Gasteiger charge is 2.62. The van der Waals surface area contributed by atoms with E-state index in [4.69, 9.17) is 0 Å². The number of hydrazine groups is 2. The summed E-state index contributed by atoms with van der Waals surface area (Å²) in [7, 11) is 0. The number of rotatable bonds is 1. The second-order valence-corrected chi connectivity index (χ2v) is 2.69. The third-order valence-corrected chi connectivity index (χ3v) is 1.54. The van der Waals surface area contributed by atoms with E-state index in [1.165, 1.54) is 0 Å². The van der Waals surface area contributed by atoms with Gasteiger partial charge in [-0.15, -0.1) is 18.7 Å². The summed E-state index contributed by atoms with van der Waals surface area (Å²) in [6.07, 6.45) is -11.5. The largest absolute Gasteiger partial charge is 0.500 e. The zero-order chi connectivity index (χ0) is 12.8. The Morgan fingerprint density at radius 1 is 0.938 bits per heavy atom. The van der Waals surface area contributed by atoms with Crippen molar-refractivity contribution in [3.05, 3.63) is 11.9 Å². The molecule has 0 saturated heterocycles. The van der Waals surface area contributed by atoms with E-state index in [1.54, 1.807) is 0 Å². The molecule has 0 atom stereocenters. The fourth-order valence-corrected chi connectivity index (χ4v) is 0.763. The summed E-state index contributed by atoms with van der Waals surface area (Å²) < 4.78 is 95.9. The Kier molecular flexibility index (Phi) is 2.69. The highest BCUT2D eigenvalue weighted by molar-refractivity contribution is 5.15. The number of alkyl halides is 8. The molecule has 2 N–H and O–H groups in total. The number of hydrogen-bond acceptors (Lipinski definition) is 3. The average molecular weight is 257 g/mol. The van der Waals surface area contributed by atoms with Crippen LogP contribution >= 0.6 is 0 Å². The van der Waals surface area contributed by atoms with Crippen LogP contribution in [0.1, 0.15) is 0 Å². The normalized spacial score (nSPS) is 18.5. The van der Waals surface area contributed by atoms with E-state index in [-0.39, 0.29) is 0 Å². The SMILES string of the molecule is FC(F)(F)N1C=C(C(F)(F)C(F)(F)F)NN1. The van der Waals surface area contributed by atoms with Crippen LogP contribution in [0.2, 0.25) is 0 Å². The average Bonchev–Trinajstić information content (AvgIpc) is 2.47. The van der Waals surface area contributed by atoms with Gasteiger partial charge >= 0.3 is 18.4 Å². The van der Waals surface area contributed by atoms with Crippen LogP contribution in [0.3, 0.4) is 0 Å². The van der Waals surface area contributed by atoms with Crippen molar-refractivity contribution in [3.63, 3.8) is 0 Å². The van der Waals surface area contributed by atoms with E-state index in [9.17, 15) is 35.1 Å². The number of nitrogens with zero attached hydrogens (tertiary/aromatic N) is 1. The van der Waals surface area contributed by atoms with Crippen molar-refractivity contribution >= 4 is 0 Å². The van der Waals surface area contributed by atoms with Crippen LogP contribution in [0.4, 0.5) is 35.1 Å². The molecule has 3 nitrogen and oxygen atoms in total. The zero-order valence-electron chi connectivity index (χ0n) is 7.05. The second-order valence-electron chi connectivity index (χ2n) is 2.69. The lowest BCUT2D eigenvalue weighted by Crippen LogP contribution is -2.47. The van der Waals surface area contributed by atoms with Gasteiger partial charge in [0.25, 0.3) is 0 Å². The molecule has 1 aliphatic rings. The van der Waals surface area contributed by atoms with Crippen molar-refractivity contribution in [1.29, 1.82) is 0 Å². The van der Waals surface area contributed by atoms with Crippen LogP contribution in [0.25, 0.3) is 0 Å².